The van der Waals surface area contributed by atoms with E-state index in [4.69, 9.17) is 4.52 Å². The molecule has 1 fully saturated rings. The molecule has 7 nitrogen and oxygen atoms in total. The number of carbonyl (C=O) groups is 1. The molecule has 28 heavy (non-hydrogen) atoms. The van der Waals surface area contributed by atoms with Gasteiger partial charge in [0, 0.05) is 30.5 Å². The number of piperidine rings is 1. The standard InChI is InChI=1S/C20H27N3O4S/c1-20(2,3)17-13-18(22-27-17)21-19(24)16-9-11-23(12-10-16)28(25,26)14-15-7-5-4-6-8-15/h4-8,13,16H,9-12,14H2,1-3H3,(H,21,22,24). The summed E-state index contributed by atoms with van der Waals surface area (Å²) in [6, 6.07) is 10.9. The van der Waals surface area contributed by atoms with Crippen molar-refractivity contribution < 1.29 is 17.7 Å². The molecule has 1 aromatic carbocycles. The van der Waals surface area contributed by atoms with Crippen LogP contribution in [-0.2, 0) is 26.0 Å². The zero-order chi connectivity index (χ0) is 20.4. The maximum absolute atomic E-state index is 12.6. The molecule has 1 aromatic heterocycles. The summed E-state index contributed by atoms with van der Waals surface area (Å²) in [7, 11) is -3.38. The summed E-state index contributed by atoms with van der Waals surface area (Å²) in [5, 5.41) is 6.69. The number of aromatic nitrogens is 1. The van der Waals surface area contributed by atoms with Gasteiger partial charge in [-0.05, 0) is 18.4 Å². The molecule has 152 valence electrons. The molecule has 0 aliphatic carbocycles. The summed E-state index contributed by atoms with van der Waals surface area (Å²) in [4.78, 5) is 12.5. The van der Waals surface area contributed by atoms with Gasteiger partial charge in [0.2, 0.25) is 15.9 Å². The first-order valence-corrected chi connectivity index (χ1v) is 11.1. The predicted octanol–water partition coefficient (Wildman–Crippen LogP) is 3.15. The Bertz CT molecular complexity index is 908. The SMILES string of the molecule is CC(C)(C)c1cc(NC(=O)C2CCN(S(=O)(=O)Cc3ccccc3)CC2)no1. The molecule has 0 saturated carbocycles. The minimum Gasteiger partial charge on any atom is -0.359 e. The molecule has 0 unspecified atom stereocenters. The van der Waals surface area contributed by atoms with Gasteiger partial charge in [0.05, 0.1) is 5.75 Å². The summed E-state index contributed by atoms with van der Waals surface area (Å²) >= 11 is 0. The number of nitrogens with zero attached hydrogens (tertiary/aromatic N) is 2. The molecule has 1 aliphatic rings. The molecule has 8 heteroatoms. The molecule has 0 atom stereocenters. The Kier molecular flexibility index (Phi) is 5.90. The number of anilines is 1. The van der Waals surface area contributed by atoms with Crippen LogP contribution >= 0.6 is 0 Å². The molecule has 1 N–H and O–H groups in total. The Morgan fingerprint density at radius 2 is 1.86 bits per heavy atom. The van der Waals surface area contributed by atoms with Gasteiger partial charge in [-0.1, -0.05) is 56.3 Å². The predicted molar refractivity (Wildman–Crippen MR) is 107 cm³/mol. The Morgan fingerprint density at radius 1 is 1.21 bits per heavy atom. The van der Waals surface area contributed by atoms with E-state index in [1.165, 1.54) is 4.31 Å². The first-order chi connectivity index (χ1) is 13.1. The first-order valence-electron chi connectivity index (χ1n) is 9.45. The lowest BCUT2D eigenvalue weighted by atomic mass is 9.93. The van der Waals surface area contributed by atoms with Crippen LogP contribution < -0.4 is 5.32 Å². The Balaban J connectivity index is 1.54. The largest absolute Gasteiger partial charge is 0.359 e. The lowest BCUT2D eigenvalue weighted by Crippen LogP contribution is -2.41. The number of sulfonamides is 1. The fourth-order valence-electron chi connectivity index (χ4n) is 3.19. The molecule has 1 saturated heterocycles. The Hall–Kier alpha value is -2.19. The molecule has 0 spiro atoms. The average Bonchev–Trinajstić information content (AvgIpc) is 3.11. The molecule has 0 radical (unpaired) electrons. The van der Waals surface area contributed by atoms with Crippen molar-refractivity contribution in [2.45, 2.75) is 44.8 Å². The molecule has 0 bridgehead atoms. The number of amides is 1. The summed E-state index contributed by atoms with van der Waals surface area (Å²) in [5.74, 6) is 0.699. The van der Waals surface area contributed by atoms with E-state index in [0.29, 0.717) is 37.5 Å². The van der Waals surface area contributed by atoms with Crippen LogP contribution in [0.4, 0.5) is 5.82 Å². The summed E-state index contributed by atoms with van der Waals surface area (Å²) in [5.41, 5.74) is 0.581. The third-order valence-electron chi connectivity index (χ3n) is 4.91. The Morgan fingerprint density at radius 3 is 2.43 bits per heavy atom. The van der Waals surface area contributed by atoms with Crippen molar-refractivity contribution >= 4 is 21.7 Å². The number of carbonyl (C=O) groups excluding carboxylic acids is 1. The van der Waals surface area contributed by atoms with Crippen molar-refractivity contribution in [3.05, 3.63) is 47.7 Å². The van der Waals surface area contributed by atoms with Gasteiger partial charge in [0.15, 0.2) is 5.82 Å². The van der Waals surface area contributed by atoms with E-state index in [0.717, 1.165) is 5.56 Å². The van der Waals surface area contributed by atoms with E-state index in [-0.39, 0.29) is 23.0 Å². The number of hydrogen-bond acceptors (Lipinski definition) is 5. The summed E-state index contributed by atoms with van der Waals surface area (Å²) in [6.07, 6.45) is 0.980. The van der Waals surface area contributed by atoms with Crippen molar-refractivity contribution in [1.29, 1.82) is 0 Å². The quantitative estimate of drug-likeness (QED) is 0.825. The van der Waals surface area contributed by atoms with Gasteiger partial charge in [0.1, 0.15) is 5.76 Å². The second-order valence-electron chi connectivity index (χ2n) is 8.23. The minimum atomic E-state index is -3.38. The van der Waals surface area contributed by atoms with Crippen LogP contribution in [0.5, 0.6) is 0 Å². The van der Waals surface area contributed by atoms with E-state index < -0.39 is 10.0 Å². The van der Waals surface area contributed by atoms with Crippen molar-refractivity contribution in [1.82, 2.24) is 9.46 Å². The van der Waals surface area contributed by atoms with Crippen LogP contribution in [0, 0.1) is 5.92 Å². The van der Waals surface area contributed by atoms with Crippen LogP contribution in [0.25, 0.3) is 0 Å². The van der Waals surface area contributed by atoms with E-state index in [2.05, 4.69) is 10.5 Å². The van der Waals surface area contributed by atoms with Crippen LogP contribution in [0.15, 0.2) is 40.9 Å². The van der Waals surface area contributed by atoms with Gasteiger partial charge in [-0.25, -0.2) is 12.7 Å². The number of nitrogens with one attached hydrogen (secondary N) is 1. The van der Waals surface area contributed by atoms with E-state index in [1.54, 1.807) is 6.07 Å². The van der Waals surface area contributed by atoms with Gasteiger partial charge in [-0.15, -0.1) is 0 Å². The smallest absolute Gasteiger partial charge is 0.228 e. The zero-order valence-electron chi connectivity index (χ0n) is 16.5. The van der Waals surface area contributed by atoms with E-state index in [1.807, 2.05) is 51.1 Å². The highest BCUT2D eigenvalue weighted by atomic mass is 32.2. The molecule has 1 aliphatic heterocycles. The van der Waals surface area contributed by atoms with Crippen molar-refractivity contribution in [3.8, 4) is 0 Å². The van der Waals surface area contributed by atoms with Gasteiger partial charge in [-0.2, -0.15) is 0 Å². The van der Waals surface area contributed by atoms with E-state index in [9.17, 15) is 13.2 Å². The molecule has 2 aromatic rings. The minimum absolute atomic E-state index is 0.0147. The summed E-state index contributed by atoms with van der Waals surface area (Å²) < 4.78 is 32.0. The lowest BCUT2D eigenvalue weighted by Gasteiger charge is -2.30. The average molecular weight is 406 g/mol. The number of hydrogen-bond donors (Lipinski definition) is 1. The molecular formula is C20H27N3O4S. The normalized spacial score (nSPS) is 16.8. The van der Waals surface area contributed by atoms with E-state index >= 15 is 0 Å². The maximum Gasteiger partial charge on any atom is 0.228 e. The zero-order valence-corrected chi connectivity index (χ0v) is 17.3. The van der Waals surface area contributed by atoms with Crippen LogP contribution in [0.3, 0.4) is 0 Å². The van der Waals surface area contributed by atoms with Crippen molar-refractivity contribution in [2.24, 2.45) is 5.92 Å². The second-order valence-corrected chi connectivity index (χ2v) is 10.2. The second kappa shape index (κ2) is 8.05. The highest BCUT2D eigenvalue weighted by molar-refractivity contribution is 7.88. The fraction of sp³-hybridized carbons (Fsp3) is 0.500. The highest BCUT2D eigenvalue weighted by Gasteiger charge is 2.31. The van der Waals surface area contributed by atoms with Gasteiger partial charge >= 0.3 is 0 Å². The number of rotatable bonds is 5. The van der Waals surface area contributed by atoms with Crippen molar-refractivity contribution in [2.75, 3.05) is 18.4 Å². The van der Waals surface area contributed by atoms with Crippen molar-refractivity contribution in [3.63, 3.8) is 0 Å². The third kappa shape index (κ3) is 4.99. The summed E-state index contributed by atoms with van der Waals surface area (Å²) in [6.45, 7) is 6.71. The first kappa shape index (κ1) is 20.5. The van der Waals surface area contributed by atoms with Crippen LogP contribution in [0.1, 0.15) is 44.9 Å². The van der Waals surface area contributed by atoms with Gasteiger partial charge in [0.25, 0.3) is 0 Å². The maximum atomic E-state index is 12.6. The highest BCUT2D eigenvalue weighted by Crippen LogP contribution is 2.26. The monoisotopic (exact) mass is 405 g/mol. The number of benzene rings is 1. The topological polar surface area (TPSA) is 92.5 Å². The fourth-order valence-corrected chi connectivity index (χ4v) is 4.75. The molecule has 2 heterocycles. The van der Waals surface area contributed by atoms with Gasteiger partial charge in [-0.3, -0.25) is 4.79 Å². The van der Waals surface area contributed by atoms with Gasteiger partial charge < -0.3 is 9.84 Å². The van der Waals surface area contributed by atoms with Crippen LogP contribution in [0.2, 0.25) is 0 Å². The molecule has 3 rings (SSSR count). The Labute approximate surface area is 166 Å². The third-order valence-corrected chi connectivity index (χ3v) is 6.76. The lowest BCUT2D eigenvalue weighted by molar-refractivity contribution is -0.120. The molecule has 1 amide bonds. The van der Waals surface area contributed by atoms with Crippen LogP contribution in [-0.4, -0.2) is 36.9 Å². The molecular weight excluding hydrogens is 378 g/mol.